The average Bonchev–Trinajstić information content (AvgIpc) is 2.86. The van der Waals surface area contributed by atoms with E-state index in [0.717, 1.165) is 42.4 Å². The van der Waals surface area contributed by atoms with E-state index in [1.54, 1.807) is 0 Å². The Morgan fingerprint density at radius 1 is 1.13 bits per heavy atom. The summed E-state index contributed by atoms with van der Waals surface area (Å²) in [4.78, 5) is 13.5. The Labute approximate surface area is 218 Å². The standard InChI is InChI=1S/C25H24F7N3O4/c1-35(17-4-2-16(26)3-5-17)23(37)39-22-18(10-15(24(27,28)29)11-19(22)25(30,31)32)14(12-33)13-34-8-9-38-21-7-6-20(21)36/h2-5,10-13,20-21,33-34,36H,6-9H2,1H3/b14-13+,33-12?. The van der Waals surface area contributed by atoms with Crippen LogP contribution in [0.4, 0.5) is 41.2 Å². The van der Waals surface area contributed by atoms with E-state index < -0.39 is 58.4 Å². The number of allylic oxidation sites excluding steroid dienone is 1. The first-order valence-corrected chi connectivity index (χ1v) is 11.5. The molecule has 0 spiro atoms. The highest BCUT2D eigenvalue weighted by atomic mass is 19.4. The maximum Gasteiger partial charge on any atom is 0.420 e. The Kier molecular flexibility index (Phi) is 9.22. The molecule has 0 aliphatic heterocycles. The fourth-order valence-electron chi connectivity index (χ4n) is 3.55. The van der Waals surface area contributed by atoms with Gasteiger partial charge in [-0.1, -0.05) is 0 Å². The maximum absolute atomic E-state index is 13.9. The quantitative estimate of drug-likeness (QED) is 0.209. The van der Waals surface area contributed by atoms with Crippen molar-refractivity contribution in [2.24, 2.45) is 0 Å². The highest BCUT2D eigenvalue weighted by Crippen LogP contribution is 2.44. The van der Waals surface area contributed by atoms with Crippen molar-refractivity contribution < 1.29 is 50.1 Å². The molecule has 2 atom stereocenters. The lowest BCUT2D eigenvalue weighted by atomic mass is 9.92. The van der Waals surface area contributed by atoms with Crippen molar-refractivity contribution in [1.82, 2.24) is 5.32 Å². The molecule has 1 aliphatic carbocycles. The summed E-state index contributed by atoms with van der Waals surface area (Å²) in [5, 5.41) is 19.8. The topological polar surface area (TPSA) is 94.9 Å². The van der Waals surface area contributed by atoms with Gasteiger partial charge in [0, 0.05) is 42.8 Å². The van der Waals surface area contributed by atoms with Crippen molar-refractivity contribution in [2.45, 2.75) is 37.4 Å². The first-order chi connectivity index (χ1) is 18.2. The molecule has 1 fully saturated rings. The first-order valence-electron chi connectivity index (χ1n) is 11.5. The molecule has 1 amide bonds. The zero-order chi connectivity index (χ0) is 29.0. The third kappa shape index (κ3) is 7.47. The molecule has 2 aromatic carbocycles. The maximum atomic E-state index is 13.9. The first kappa shape index (κ1) is 29.9. The van der Waals surface area contributed by atoms with Crippen LogP contribution in [0.15, 0.2) is 42.6 Å². The van der Waals surface area contributed by atoms with E-state index >= 15 is 0 Å². The number of halogens is 7. The molecule has 3 N–H and O–H groups in total. The summed E-state index contributed by atoms with van der Waals surface area (Å²) >= 11 is 0. The molecule has 212 valence electrons. The molecular formula is C25H24F7N3O4. The van der Waals surface area contributed by atoms with Gasteiger partial charge in [0.1, 0.15) is 5.82 Å². The van der Waals surface area contributed by atoms with Crippen LogP contribution >= 0.6 is 0 Å². The number of aliphatic hydroxyl groups excluding tert-OH is 1. The van der Waals surface area contributed by atoms with Gasteiger partial charge in [-0.2, -0.15) is 26.3 Å². The molecule has 1 aliphatic rings. The van der Waals surface area contributed by atoms with Gasteiger partial charge in [0.05, 0.1) is 29.9 Å². The number of ether oxygens (including phenoxy) is 2. The molecule has 39 heavy (non-hydrogen) atoms. The number of nitrogens with zero attached hydrogens (tertiary/aromatic N) is 1. The lowest BCUT2D eigenvalue weighted by Crippen LogP contribution is -2.40. The van der Waals surface area contributed by atoms with Gasteiger partial charge in [-0.05, 0) is 49.2 Å². The van der Waals surface area contributed by atoms with Crippen molar-refractivity contribution in [2.75, 3.05) is 25.1 Å². The SMILES string of the molecule is CN(C(=O)Oc1c(/C(C=N)=C/NCCOC2CCC2O)cc(C(F)(F)F)cc1C(F)(F)F)c1ccc(F)cc1. The molecule has 2 unspecified atom stereocenters. The van der Waals surface area contributed by atoms with Crippen LogP contribution in [-0.4, -0.2) is 49.8 Å². The predicted molar refractivity (Wildman–Crippen MR) is 127 cm³/mol. The second kappa shape index (κ2) is 12.0. The minimum absolute atomic E-state index is 0.0319. The predicted octanol–water partition coefficient (Wildman–Crippen LogP) is 5.62. The van der Waals surface area contributed by atoms with Crippen molar-refractivity contribution in [3.63, 3.8) is 0 Å². The Hall–Kier alpha value is -3.65. The van der Waals surface area contributed by atoms with Gasteiger partial charge in [0.2, 0.25) is 0 Å². The number of benzene rings is 2. The summed E-state index contributed by atoms with van der Waals surface area (Å²) in [5.41, 5.74) is -4.81. The molecule has 0 saturated heterocycles. The molecule has 1 saturated carbocycles. The van der Waals surface area contributed by atoms with E-state index in [4.69, 9.17) is 14.9 Å². The number of rotatable bonds is 9. The summed E-state index contributed by atoms with van der Waals surface area (Å²) in [6, 6.07) is 4.42. The summed E-state index contributed by atoms with van der Waals surface area (Å²) < 4.78 is 106. The number of anilines is 1. The number of amides is 1. The second-order valence-corrected chi connectivity index (χ2v) is 8.55. The van der Waals surface area contributed by atoms with Gasteiger partial charge in [-0.25, -0.2) is 9.18 Å². The summed E-state index contributed by atoms with van der Waals surface area (Å²) in [7, 11) is 1.11. The number of alkyl halides is 6. The monoisotopic (exact) mass is 563 g/mol. The van der Waals surface area contributed by atoms with Crippen LogP contribution in [0.1, 0.15) is 29.5 Å². The Bertz CT molecular complexity index is 1210. The van der Waals surface area contributed by atoms with E-state index in [1.807, 2.05) is 0 Å². The molecule has 2 aromatic rings. The Morgan fingerprint density at radius 2 is 1.79 bits per heavy atom. The summed E-state index contributed by atoms with van der Waals surface area (Å²) in [6.07, 6.45) is -10.2. The van der Waals surface area contributed by atoms with Gasteiger partial charge in [0.15, 0.2) is 5.75 Å². The summed E-state index contributed by atoms with van der Waals surface area (Å²) in [6.45, 7) is 0.109. The highest BCUT2D eigenvalue weighted by Gasteiger charge is 2.41. The zero-order valence-corrected chi connectivity index (χ0v) is 20.4. The largest absolute Gasteiger partial charge is 0.420 e. The fraction of sp³-hybridized carbons (Fsp3) is 0.360. The highest BCUT2D eigenvalue weighted by molar-refractivity contribution is 6.10. The number of hydrogen-bond donors (Lipinski definition) is 3. The Morgan fingerprint density at radius 3 is 2.31 bits per heavy atom. The molecule has 0 aromatic heterocycles. The number of carbonyl (C=O) groups is 1. The van der Waals surface area contributed by atoms with E-state index in [2.05, 4.69) is 5.32 Å². The Balaban J connectivity index is 1.98. The van der Waals surface area contributed by atoms with Crippen molar-refractivity contribution in [3.05, 3.63) is 65.1 Å². The van der Waals surface area contributed by atoms with E-state index in [0.29, 0.717) is 25.1 Å². The molecular weight excluding hydrogens is 539 g/mol. The van der Waals surface area contributed by atoms with Gasteiger partial charge in [-0.3, -0.25) is 4.90 Å². The third-order valence-electron chi connectivity index (χ3n) is 5.88. The lowest BCUT2D eigenvalue weighted by molar-refractivity contribution is -0.143. The van der Waals surface area contributed by atoms with Gasteiger partial charge >= 0.3 is 18.4 Å². The lowest BCUT2D eigenvalue weighted by Gasteiger charge is -2.32. The van der Waals surface area contributed by atoms with Crippen LogP contribution in [0.5, 0.6) is 5.75 Å². The van der Waals surface area contributed by atoms with E-state index in [9.17, 15) is 40.6 Å². The zero-order valence-electron chi connectivity index (χ0n) is 20.4. The molecule has 3 rings (SSSR count). The number of aliphatic hydroxyl groups is 1. The average molecular weight is 563 g/mol. The smallest absolute Gasteiger partial charge is 0.409 e. The minimum Gasteiger partial charge on any atom is -0.409 e. The molecule has 14 heteroatoms. The van der Waals surface area contributed by atoms with E-state index in [1.165, 1.54) is 0 Å². The second-order valence-electron chi connectivity index (χ2n) is 8.55. The minimum atomic E-state index is -5.38. The van der Waals surface area contributed by atoms with Gasteiger partial charge in [-0.15, -0.1) is 0 Å². The van der Waals surface area contributed by atoms with Crippen LogP contribution in [0.2, 0.25) is 0 Å². The van der Waals surface area contributed by atoms with Crippen LogP contribution < -0.4 is 15.0 Å². The third-order valence-corrected chi connectivity index (χ3v) is 5.88. The summed E-state index contributed by atoms with van der Waals surface area (Å²) in [5.74, 6) is -1.90. The fourth-order valence-corrected chi connectivity index (χ4v) is 3.55. The van der Waals surface area contributed by atoms with Crippen LogP contribution in [0, 0.1) is 11.2 Å². The van der Waals surface area contributed by atoms with Crippen LogP contribution in [0.3, 0.4) is 0 Å². The van der Waals surface area contributed by atoms with Crippen LogP contribution in [0.25, 0.3) is 5.57 Å². The molecule has 0 radical (unpaired) electrons. The van der Waals surface area contributed by atoms with Crippen molar-refractivity contribution in [3.8, 4) is 5.75 Å². The normalized spacial score (nSPS) is 17.8. The molecule has 0 bridgehead atoms. The van der Waals surface area contributed by atoms with Gasteiger partial charge in [0.25, 0.3) is 0 Å². The van der Waals surface area contributed by atoms with Crippen LogP contribution in [-0.2, 0) is 17.1 Å². The number of hydrogen-bond acceptors (Lipinski definition) is 6. The van der Waals surface area contributed by atoms with Gasteiger partial charge < -0.3 is 25.3 Å². The molecule has 7 nitrogen and oxygen atoms in total. The number of nitrogens with one attached hydrogen (secondary N) is 2. The van der Waals surface area contributed by atoms with E-state index in [-0.39, 0.29) is 31.0 Å². The van der Waals surface area contributed by atoms with Crippen molar-refractivity contribution in [1.29, 1.82) is 5.41 Å². The molecule has 0 heterocycles. The number of carbonyl (C=O) groups excluding carboxylic acids is 1. The van der Waals surface area contributed by atoms with Crippen molar-refractivity contribution >= 4 is 23.6 Å².